The van der Waals surface area contributed by atoms with Crippen LogP contribution in [0.2, 0.25) is 0 Å². The van der Waals surface area contributed by atoms with Crippen molar-refractivity contribution < 1.29 is 0 Å². The first-order valence-corrected chi connectivity index (χ1v) is 9.32. The quantitative estimate of drug-likeness (QED) is 0.687. The maximum Gasteiger partial charge on any atom is 0.163 e. The van der Waals surface area contributed by atoms with Gasteiger partial charge in [0.2, 0.25) is 0 Å². The lowest BCUT2D eigenvalue weighted by molar-refractivity contribution is 0.564. The van der Waals surface area contributed by atoms with Crippen molar-refractivity contribution in [2.24, 2.45) is 7.05 Å². The third-order valence-electron chi connectivity index (χ3n) is 5.01. The maximum absolute atomic E-state index is 4.70. The van der Waals surface area contributed by atoms with E-state index in [2.05, 4.69) is 56.7 Å². The predicted octanol–water partition coefficient (Wildman–Crippen LogP) is 2.09. The van der Waals surface area contributed by atoms with Crippen LogP contribution in [0.5, 0.6) is 0 Å². The molecule has 4 heterocycles. The van der Waals surface area contributed by atoms with Gasteiger partial charge in [-0.15, -0.1) is 0 Å². The van der Waals surface area contributed by atoms with E-state index < -0.39 is 0 Å². The molecule has 3 aromatic heterocycles. The Labute approximate surface area is 159 Å². The normalized spacial score (nSPS) is 15.6. The molecule has 0 bridgehead atoms. The van der Waals surface area contributed by atoms with Gasteiger partial charge >= 0.3 is 0 Å². The maximum atomic E-state index is 4.70. The van der Waals surface area contributed by atoms with Gasteiger partial charge in [-0.25, -0.2) is 19.9 Å². The largest absolute Gasteiger partial charge is 0.353 e. The molecule has 0 aromatic carbocycles. The van der Waals surface area contributed by atoms with Crippen LogP contribution in [0.4, 0.5) is 11.6 Å². The zero-order valence-corrected chi connectivity index (χ0v) is 16.6. The number of aryl methyl sites for hydroxylation is 2. The minimum atomic E-state index is 0.0178. The van der Waals surface area contributed by atoms with Crippen molar-refractivity contribution in [3.05, 3.63) is 30.1 Å². The van der Waals surface area contributed by atoms with Crippen molar-refractivity contribution >= 4 is 22.7 Å². The summed E-state index contributed by atoms with van der Waals surface area (Å²) < 4.78 is 1.80. The van der Waals surface area contributed by atoms with Gasteiger partial charge in [0.05, 0.1) is 17.3 Å². The zero-order valence-electron chi connectivity index (χ0n) is 16.6. The van der Waals surface area contributed by atoms with E-state index in [0.717, 1.165) is 60.4 Å². The molecular formula is C19H26N8. The van der Waals surface area contributed by atoms with Crippen LogP contribution >= 0.6 is 0 Å². The number of aromatic nitrogens is 6. The van der Waals surface area contributed by atoms with Gasteiger partial charge in [-0.05, 0) is 6.92 Å². The topological polar surface area (TPSA) is 75.9 Å². The molecule has 0 N–H and O–H groups in total. The van der Waals surface area contributed by atoms with Gasteiger partial charge < -0.3 is 9.80 Å². The van der Waals surface area contributed by atoms with E-state index in [9.17, 15) is 0 Å². The van der Waals surface area contributed by atoms with Crippen molar-refractivity contribution in [3.63, 3.8) is 0 Å². The number of fused-ring (bicyclic) bond motifs is 1. The van der Waals surface area contributed by atoms with E-state index in [0.29, 0.717) is 0 Å². The fourth-order valence-electron chi connectivity index (χ4n) is 3.43. The summed E-state index contributed by atoms with van der Waals surface area (Å²) in [5, 5.41) is 5.36. The zero-order chi connectivity index (χ0) is 19.2. The molecule has 0 saturated carbocycles. The molecule has 142 valence electrons. The smallest absolute Gasteiger partial charge is 0.163 e. The lowest BCUT2D eigenvalue weighted by Crippen LogP contribution is -2.47. The van der Waals surface area contributed by atoms with Crippen molar-refractivity contribution in [3.8, 4) is 0 Å². The summed E-state index contributed by atoms with van der Waals surface area (Å²) in [6, 6.07) is 2.11. The molecule has 0 radical (unpaired) electrons. The predicted molar refractivity (Wildman–Crippen MR) is 106 cm³/mol. The van der Waals surface area contributed by atoms with Crippen molar-refractivity contribution in [1.82, 2.24) is 29.7 Å². The average Bonchev–Trinajstić information content (AvgIpc) is 3.01. The Morgan fingerprint density at radius 1 is 0.963 bits per heavy atom. The lowest BCUT2D eigenvalue weighted by atomic mass is 9.92. The first kappa shape index (κ1) is 17.6. The Kier molecular flexibility index (Phi) is 4.20. The average molecular weight is 366 g/mol. The fourth-order valence-corrected chi connectivity index (χ4v) is 3.43. The van der Waals surface area contributed by atoms with Crippen LogP contribution in [-0.2, 0) is 12.5 Å². The van der Waals surface area contributed by atoms with Crippen molar-refractivity contribution in [2.75, 3.05) is 36.0 Å². The summed E-state index contributed by atoms with van der Waals surface area (Å²) in [7, 11) is 1.92. The van der Waals surface area contributed by atoms with Gasteiger partial charge in [0.25, 0.3) is 0 Å². The third kappa shape index (κ3) is 3.31. The molecule has 3 aromatic rings. The van der Waals surface area contributed by atoms with Gasteiger partial charge in [-0.2, -0.15) is 5.10 Å². The SMILES string of the molecule is Cc1nc(N2CCN(c3cc(C(C)(C)C)ncn3)CC2)c2cnn(C)c2n1. The van der Waals surface area contributed by atoms with Gasteiger partial charge in [-0.3, -0.25) is 4.68 Å². The van der Waals surface area contributed by atoms with E-state index in [1.807, 2.05) is 20.2 Å². The third-order valence-corrected chi connectivity index (χ3v) is 5.01. The summed E-state index contributed by atoms with van der Waals surface area (Å²) in [4.78, 5) is 22.8. The highest BCUT2D eigenvalue weighted by atomic mass is 15.3. The standard InChI is InChI=1S/C19H26N8/c1-13-23-17-14(11-22-25(17)5)18(24-13)27-8-6-26(7-9-27)16-10-15(19(2,3)4)20-12-21-16/h10-12H,6-9H2,1-5H3. The molecule has 1 aliphatic rings. The molecule has 0 aliphatic carbocycles. The minimum absolute atomic E-state index is 0.0178. The number of hydrogen-bond donors (Lipinski definition) is 0. The highest BCUT2D eigenvalue weighted by Gasteiger charge is 2.24. The van der Waals surface area contributed by atoms with Gasteiger partial charge in [0.15, 0.2) is 5.65 Å². The van der Waals surface area contributed by atoms with Crippen LogP contribution < -0.4 is 9.80 Å². The Morgan fingerprint density at radius 2 is 1.67 bits per heavy atom. The van der Waals surface area contributed by atoms with Gasteiger partial charge in [0, 0.05) is 44.7 Å². The van der Waals surface area contributed by atoms with Crippen LogP contribution in [-0.4, -0.2) is 55.9 Å². The van der Waals surface area contributed by atoms with Crippen LogP contribution in [0.3, 0.4) is 0 Å². The number of piperazine rings is 1. The highest BCUT2D eigenvalue weighted by molar-refractivity contribution is 5.87. The van der Waals surface area contributed by atoms with Gasteiger partial charge in [-0.1, -0.05) is 20.8 Å². The summed E-state index contributed by atoms with van der Waals surface area (Å²) in [5.41, 5.74) is 1.97. The summed E-state index contributed by atoms with van der Waals surface area (Å²) in [6.45, 7) is 12.0. The second-order valence-electron chi connectivity index (χ2n) is 8.09. The van der Waals surface area contributed by atoms with Crippen LogP contribution in [0.15, 0.2) is 18.6 Å². The Balaban J connectivity index is 1.55. The number of anilines is 2. The van der Waals surface area contributed by atoms with Crippen LogP contribution in [0.1, 0.15) is 32.3 Å². The van der Waals surface area contributed by atoms with Crippen LogP contribution in [0, 0.1) is 6.92 Å². The molecule has 8 nitrogen and oxygen atoms in total. The Bertz CT molecular complexity index is 963. The summed E-state index contributed by atoms with van der Waals surface area (Å²) in [5.74, 6) is 2.75. The second kappa shape index (κ2) is 6.44. The van der Waals surface area contributed by atoms with E-state index >= 15 is 0 Å². The van der Waals surface area contributed by atoms with E-state index in [4.69, 9.17) is 4.98 Å². The van der Waals surface area contributed by atoms with Crippen molar-refractivity contribution in [1.29, 1.82) is 0 Å². The first-order chi connectivity index (χ1) is 12.8. The van der Waals surface area contributed by atoms with E-state index in [-0.39, 0.29) is 5.41 Å². The summed E-state index contributed by atoms with van der Waals surface area (Å²) in [6.07, 6.45) is 3.53. The molecule has 8 heteroatoms. The lowest BCUT2D eigenvalue weighted by Gasteiger charge is -2.36. The Hall–Kier alpha value is -2.77. The van der Waals surface area contributed by atoms with E-state index in [1.54, 1.807) is 11.0 Å². The van der Waals surface area contributed by atoms with Crippen LogP contribution in [0.25, 0.3) is 11.0 Å². The highest BCUT2D eigenvalue weighted by Crippen LogP contribution is 2.26. The van der Waals surface area contributed by atoms with Gasteiger partial charge in [0.1, 0.15) is 23.8 Å². The number of nitrogens with zero attached hydrogens (tertiary/aromatic N) is 8. The first-order valence-electron chi connectivity index (χ1n) is 9.32. The molecule has 0 unspecified atom stereocenters. The molecule has 27 heavy (non-hydrogen) atoms. The molecule has 4 rings (SSSR count). The molecule has 1 fully saturated rings. The van der Waals surface area contributed by atoms with Crippen molar-refractivity contribution in [2.45, 2.75) is 33.1 Å². The molecule has 0 spiro atoms. The molecule has 1 aliphatic heterocycles. The monoisotopic (exact) mass is 366 g/mol. The minimum Gasteiger partial charge on any atom is -0.353 e. The molecule has 0 atom stereocenters. The summed E-state index contributed by atoms with van der Waals surface area (Å²) >= 11 is 0. The second-order valence-corrected chi connectivity index (χ2v) is 8.09. The molecular weight excluding hydrogens is 340 g/mol. The van der Waals surface area contributed by atoms with E-state index in [1.165, 1.54) is 0 Å². The molecule has 1 saturated heterocycles. The number of rotatable bonds is 2. The molecule has 0 amide bonds. The fraction of sp³-hybridized carbons (Fsp3) is 0.526. The Morgan fingerprint density at radius 3 is 2.37 bits per heavy atom. The number of hydrogen-bond acceptors (Lipinski definition) is 7.